The monoisotopic (exact) mass is 462 g/mol. The zero-order valence-corrected chi connectivity index (χ0v) is 15.2. The van der Waals surface area contributed by atoms with Gasteiger partial charge in [0.05, 0.1) is 5.56 Å². The number of nitrogens with one attached hydrogen (secondary N) is 1. The molecule has 2 unspecified atom stereocenters. The Balaban J connectivity index is 1.74. The number of fused-ring (bicyclic) bond motifs is 1. The molecule has 2 atom stereocenters. The molecule has 2 aliphatic heterocycles. The van der Waals surface area contributed by atoms with Crippen molar-refractivity contribution in [2.24, 2.45) is 5.92 Å². The summed E-state index contributed by atoms with van der Waals surface area (Å²) in [5.74, 6) is 0.620. The van der Waals surface area contributed by atoms with Crippen LogP contribution < -0.4 is 5.32 Å². The Morgan fingerprint density at radius 3 is 3.00 bits per heavy atom. The lowest BCUT2D eigenvalue weighted by atomic mass is 9.85. The number of benzene rings is 1. The van der Waals surface area contributed by atoms with Crippen molar-refractivity contribution in [1.29, 1.82) is 0 Å². The Hall–Kier alpha value is -0.630. The first-order valence-electron chi connectivity index (χ1n) is 7.08. The van der Waals surface area contributed by atoms with Crippen LogP contribution in [-0.4, -0.2) is 35.8 Å². The first kappa shape index (κ1) is 15.3. The van der Waals surface area contributed by atoms with Crippen LogP contribution in [0, 0.1) is 9.49 Å². The van der Waals surface area contributed by atoms with Gasteiger partial charge in [-0.15, -0.1) is 0 Å². The zero-order chi connectivity index (χ0) is 15.0. The standard InChI is InChI=1S/C15H16BrIN2O2/c16-12-3-2-10(17)7-11(12)15(21)19-6-5-13-9(8-19)1-4-14(20)18-13/h2-3,7,9,13H,1,4-6,8H2,(H,18,20). The van der Waals surface area contributed by atoms with Crippen molar-refractivity contribution in [2.45, 2.75) is 25.3 Å². The van der Waals surface area contributed by atoms with E-state index in [1.807, 2.05) is 23.1 Å². The molecule has 0 saturated carbocycles. The van der Waals surface area contributed by atoms with Crippen LogP contribution >= 0.6 is 38.5 Å². The van der Waals surface area contributed by atoms with Gasteiger partial charge in [-0.1, -0.05) is 0 Å². The van der Waals surface area contributed by atoms with Crippen LogP contribution in [0.4, 0.5) is 0 Å². The SMILES string of the molecule is O=C1CCC2CN(C(=O)c3cc(I)ccc3Br)CCC2N1. The highest BCUT2D eigenvalue weighted by Gasteiger charge is 2.35. The molecule has 1 aromatic rings. The molecule has 0 aliphatic carbocycles. The minimum absolute atomic E-state index is 0.0794. The van der Waals surface area contributed by atoms with Crippen molar-refractivity contribution in [3.8, 4) is 0 Å². The van der Waals surface area contributed by atoms with E-state index in [9.17, 15) is 9.59 Å². The molecule has 1 aromatic carbocycles. The second-order valence-electron chi connectivity index (χ2n) is 5.64. The first-order valence-corrected chi connectivity index (χ1v) is 8.95. The maximum absolute atomic E-state index is 12.7. The largest absolute Gasteiger partial charge is 0.353 e. The third kappa shape index (κ3) is 3.26. The van der Waals surface area contributed by atoms with Crippen LogP contribution in [0.1, 0.15) is 29.6 Å². The Bertz CT molecular complexity index is 593. The Kier molecular flexibility index (Phi) is 4.54. The lowest BCUT2D eigenvalue weighted by Gasteiger charge is -2.41. The predicted molar refractivity (Wildman–Crippen MR) is 92.0 cm³/mol. The molecule has 3 rings (SSSR count). The van der Waals surface area contributed by atoms with E-state index in [2.05, 4.69) is 43.8 Å². The van der Waals surface area contributed by atoms with Gasteiger partial charge in [0, 0.05) is 33.6 Å². The second kappa shape index (κ2) is 6.24. The van der Waals surface area contributed by atoms with Gasteiger partial charge < -0.3 is 10.2 Å². The van der Waals surface area contributed by atoms with Crippen LogP contribution in [-0.2, 0) is 4.79 Å². The van der Waals surface area contributed by atoms with Gasteiger partial charge in [-0.25, -0.2) is 0 Å². The number of likely N-dealkylation sites (tertiary alicyclic amines) is 1. The summed E-state index contributed by atoms with van der Waals surface area (Å²) >= 11 is 5.69. The third-order valence-electron chi connectivity index (χ3n) is 4.27. The highest BCUT2D eigenvalue weighted by atomic mass is 127. The van der Waals surface area contributed by atoms with E-state index in [4.69, 9.17) is 0 Å². The smallest absolute Gasteiger partial charge is 0.255 e. The summed E-state index contributed by atoms with van der Waals surface area (Å²) < 4.78 is 1.89. The second-order valence-corrected chi connectivity index (χ2v) is 7.74. The van der Waals surface area contributed by atoms with Crippen molar-refractivity contribution in [2.75, 3.05) is 13.1 Å². The van der Waals surface area contributed by atoms with Crippen LogP contribution in [0.25, 0.3) is 0 Å². The highest BCUT2D eigenvalue weighted by molar-refractivity contribution is 14.1. The molecular weight excluding hydrogens is 447 g/mol. The van der Waals surface area contributed by atoms with Crippen molar-refractivity contribution in [3.05, 3.63) is 31.8 Å². The summed E-state index contributed by atoms with van der Waals surface area (Å²) in [5, 5.41) is 3.05. The van der Waals surface area contributed by atoms with E-state index in [0.29, 0.717) is 18.9 Å². The molecule has 2 heterocycles. The number of amides is 2. The molecule has 6 heteroatoms. The molecule has 0 aromatic heterocycles. The fraction of sp³-hybridized carbons (Fsp3) is 0.467. The highest BCUT2D eigenvalue weighted by Crippen LogP contribution is 2.28. The summed E-state index contributed by atoms with van der Waals surface area (Å²) in [5.41, 5.74) is 0.722. The average molecular weight is 463 g/mol. The number of halogens is 2. The number of piperidine rings is 2. The molecule has 2 aliphatic rings. The molecule has 21 heavy (non-hydrogen) atoms. The van der Waals surface area contributed by atoms with Crippen LogP contribution in [0.2, 0.25) is 0 Å². The maximum atomic E-state index is 12.7. The number of carbonyl (C=O) groups excluding carboxylic acids is 2. The van der Waals surface area contributed by atoms with Gasteiger partial charge >= 0.3 is 0 Å². The molecule has 0 spiro atoms. The quantitative estimate of drug-likeness (QED) is 0.652. The summed E-state index contributed by atoms with van der Waals surface area (Å²) in [6.07, 6.45) is 2.31. The number of carbonyl (C=O) groups is 2. The summed E-state index contributed by atoms with van der Waals surface area (Å²) in [7, 11) is 0. The normalized spacial score (nSPS) is 25.2. The van der Waals surface area contributed by atoms with E-state index >= 15 is 0 Å². The van der Waals surface area contributed by atoms with Gasteiger partial charge in [0.2, 0.25) is 5.91 Å². The maximum Gasteiger partial charge on any atom is 0.255 e. The molecule has 2 amide bonds. The fourth-order valence-electron chi connectivity index (χ4n) is 3.13. The summed E-state index contributed by atoms with van der Waals surface area (Å²) in [6.45, 7) is 1.44. The van der Waals surface area contributed by atoms with Crippen molar-refractivity contribution < 1.29 is 9.59 Å². The van der Waals surface area contributed by atoms with Gasteiger partial charge in [0.25, 0.3) is 5.91 Å². The molecule has 0 radical (unpaired) electrons. The van der Waals surface area contributed by atoms with Crippen LogP contribution in [0.5, 0.6) is 0 Å². The third-order valence-corrected chi connectivity index (χ3v) is 5.63. The molecule has 112 valence electrons. The molecule has 1 N–H and O–H groups in total. The molecular formula is C15H16BrIN2O2. The fourth-order valence-corrected chi connectivity index (χ4v) is 4.03. The van der Waals surface area contributed by atoms with Crippen molar-refractivity contribution in [1.82, 2.24) is 10.2 Å². The minimum Gasteiger partial charge on any atom is -0.353 e. The Morgan fingerprint density at radius 1 is 1.38 bits per heavy atom. The number of rotatable bonds is 1. The predicted octanol–water partition coefficient (Wildman–Crippen LogP) is 2.79. The van der Waals surface area contributed by atoms with Crippen molar-refractivity contribution in [3.63, 3.8) is 0 Å². The number of hydrogen-bond donors (Lipinski definition) is 1. The molecule has 4 nitrogen and oxygen atoms in total. The van der Waals surface area contributed by atoms with Gasteiger partial charge in [0.1, 0.15) is 0 Å². The van der Waals surface area contributed by atoms with Crippen LogP contribution in [0.15, 0.2) is 22.7 Å². The van der Waals surface area contributed by atoms with Gasteiger partial charge in [-0.3, -0.25) is 9.59 Å². The first-order chi connectivity index (χ1) is 10.0. The Labute approximate surface area is 145 Å². The molecule has 0 bridgehead atoms. The zero-order valence-electron chi connectivity index (χ0n) is 11.4. The summed E-state index contributed by atoms with van der Waals surface area (Å²) in [4.78, 5) is 26.1. The van der Waals surface area contributed by atoms with E-state index in [-0.39, 0.29) is 17.9 Å². The lowest BCUT2D eigenvalue weighted by molar-refractivity contribution is -0.125. The van der Waals surface area contributed by atoms with E-state index in [0.717, 1.165) is 33.0 Å². The van der Waals surface area contributed by atoms with Gasteiger partial charge in [-0.2, -0.15) is 0 Å². The van der Waals surface area contributed by atoms with Gasteiger partial charge in [-0.05, 0) is 75.5 Å². The molecule has 2 saturated heterocycles. The van der Waals surface area contributed by atoms with E-state index in [1.54, 1.807) is 0 Å². The minimum atomic E-state index is 0.0794. The van der Waals surface area contributed by atoms with Crippen molar-refractivity contribution >= 4 is 50.3 Å². The van der Waals surface area contributed by atoms with E-state index < -0.39 is 0 Å². The van der Waals surface area contributed by atoms with Gasteiger partial charge in [0.15, 0.2) is 0 Å². The number of hydrogen-bond acceptors (Lipinski definition) is 2. The Morgan fingerprint density at radius 2 is 2.19 bits per heavy atom. The molecule has 2 fully saturated rings. The number of nitrogens with zero attached hydrogens (tertiary/aromatic N) is 1. The van der Waals surface area contributed by atoms with Crippen LogP contribution in [0.3, 0.4) is 0 Å². The summed E-state index contributed by atoms with van der Waals surface area (Å²) in [6, 6.07) is 6.06. The lowest BCUT2D eigenvalue weighted by Crippen LogP contribution is -2.55. The van der Waals surface area contributed by atoms with E-state index in [1.165, 1.54) is 0 Å². The average Bonchev–Trinajstić information content (AvgIpc) is 2.48. The topological polar surface area (TPSA) is 49.4 Å².